The molecule has 1 saturated heterocycles. The van der Waals surface area contributed by atoms with Crippen molar-refractivity contribution in [3.8, 4) is 0 Å². The number of rotatable bonds is 3. The molecule has 0 unspecified atom stereocenters. The highest BCUT2D eigenvalue weighted by molar-refractivity contribution is 5.68. The van der Waals surface area contributed by atoms with E-state index in [1.807, 2.05) is 0 Å². The second-order valence-corrected chi connectivity index (χ2v) is 5.20. The number of fused-ring (bicyclic) bond motifs is 1. The molecule has 0 amide bonds. The van der Waals surface area contributed by atoms with E-state index in [-0.39, 0.29) is 12.3 Å². The smallest absolute Gasteiger partial charge is 0.303 e. The lowest BCUT2D eigenvalue weighted by atomic mass is 9.92. The fraction of sp³-hybridized carbons (Fsp3) is 0.615. The third kappa shape index (κ3) is 2.05. The average Bonchev–Trinajstić information content (AvgIpc) is 2.32. The maximum Gasteiger partial charge on any atom is 0.303 e. The average molecular weight is 247 g/mol. The zero-order chi connectivity index (χ0) is 12.5. The number of aryl methyl sites for hydroxylation is 1. The number of carboxylic acids is 1. The van der Waals surface area contributed by atoms with Gasteiger partial charge in [-0.1, -0.05) is 0 Å². The fourth-order valence-electron chi connectivity index (χ4n) is 2.90. The highest BCUT2D eigenvalue weighted by Gasteiger charge is 2.31. The van der Waals surface area contributed by atoms with Crippen molar-refractivity contribution in [1.82, 2.24) is 9.97 Å². The van der Waals surface area contributed by atoms with Crippen LogP contribution in [0.1, 0.15) is 30.5 Å². The topological polar surface area (TPSA) is 66.3 Å². The van der Waals surface area contributed by atoms with Crippen molar-refractivity contribution in [2.75, 3.05) is 18.0 Å². The molecule has 2 aliphatic rings. The van der Waals surface area contributed by atoms with Crippen LogP contribution in [0.4, 0.5) is 5.82 Å². The van der Waals surface area contributed by atoms with Crippen LogP contribution in [0.5, 0.6) is 0 Å². The summed E-state index contributed by atoms with van der Waals surface area (Å²) in [6.45, 7) is 1.63. The first-order valence-corrected chi connectivity index (χ1v) is 6.53. The van der Waals surface area contributed by atoms with Gasteiger partial charge < -0.3 is 10.0 Å². The summed E-state index contributed by atoms with van der Waals surface area (Å²) in [5, 5.41) is 8.75. The molecule has 1 aromatic rings. The molecule has 2 heterocycles. The minimum atomic E-state index is -0.704. The van der Waals surface area contributed by atoms with Gasteiger partial charge in [-0.2, -0.15) is 0 Å². The lowest BCUT2D eigenvalue weighted by Gasteiger charge is -2.41. The Labute approximate surface area is 106 Å². The molecular formula is C13H17N3O2. The number of aromatic nitrogens is 2. The molecule has 5 heteroatoms. The predicted octanol–water partition coefficient (Wildman–Crippen LogP) is 1.27. The molecule has 1 aliphatic carbocycles. The first-order valence-electron chi connectivity index (χ1n) is 6.53. The van der Waals surface area contributed by atoms with Gasteiger partial charge in [-0.15, -0.1) is 0 Å². The highest BCUT2D eigenvalue weighted by atomic mass is 16.4. The third-order valence-electron chi connectivity index (χ3n) is 3.82. The van der Waals surface area contributed by atoms with Crippen molar-refractivity contribution in [2.24, 2.45) is 5.92 Å². The van der Waals surface area contributed by atoms with Crippen LogP contribution in [0.25, 0.3) is 0 Å². The number of aliphatic carboxylic acids is 1. The summed E-state index contributed by atoms with van der Waals surface area (Å²) < 4.78 is 0. The van der Waals surface area contributed by atoms with E-state index in [4.69, 9.17) is 5.11 Å². The molecule has 18 heavy (non-hydrogen) atoms. The molecule has 1 fully saturated rings. The Morgan fingerprint density at radius 3 is 2.89 bits per heavy atom. The Hall–Kier alpha value is -1.65. The van der Waals surface area contributed by atoms with Gasteiger partial charge in [-0.05, 0) is 25.7 Å². The lowest BCUT2D eigenvalue weighted by molar-refractivity contribution is -0.138. The van der Waals surface area contributed by atoms with Gasteiger partial charge in [0, 0.05) is 30.3 Å². The Bertz CT molecular complexity index is 469. The summed E-state index contributed by atoms with van der Waals surface area (Å²) in [7, 11) is 0. The number of anilines is 1. The van der Waals surface area contributed by atoms with Crippen molar-refractivity contribution in [2.45, 2.75) is 32.1 Å². The van der Waals surface area contributed by atoms with Crippen molar-refractivity contribution in [1.29, 1.82) is 0 Å². The van der Waals surface area contributed by atoms with Crippen LogP contribution >= 0.6 is 0 Å². The van der Waals surface area contributed by atoms with Crippen molar-refractivity contribution in [3.05, 3.63) is 17.6 Å². The second kappa shape index (κ2) is 4.55. The molecule has 1 aliphatic heterocycles. The van der Waals surface area contributed by atoms with Gasteiger partial charge >= 0.3 is 5.97 Å². The second-order valence-electron chi connectivity index (χ2n) is 5.20. The molecule has 1 N–H and O–H groups in total. The van der Waals surface area contributed by atoms with E-state index in [9.17, 15) is 4.79 Å². The first kappa shape index (κ1) is 11.4. The van der Waals surface area contributed by atoms with Crippen molar-refractivity contribution in [3.63, 3.8) is 0 Å². The SMILES string of the molecule is O=C(O)CC1CN(c2ncnc3c2CCCC3)C1. The summed E-state index contributed by atoms with van der Waals surface area (Å²) in [6, 6.07) is 0. The van der Waals surface area contributed by atoms with Crippen LogP contribution < -0.4 is 4.90 Å². The minimum absolute atomic E-state index is 0.268. The van der Waals surface area contributed by atoms with Crippen LogP contribution in [0.2, 0.25) is 0 Å². The van der Waals surface area contributed by atoms with Gasteiger partial charge in [0.15, 0.2) is 0 Å². The van der Waals surface area contributed by atoms with Gasteiger partial charge in [-0.3, -0.25) is 4.79 Å². The minimum Gasteiger partial charge on any atom is -0.481 e. The van der Waals surface area contributed by atoms with Crippen LogP contribution in [0, 0.1) is 5.92 Å². The molecule has 5 nitrogen and oxygen atoms in total. The van der Waals surface area contributed by atoms with Gasteiger partial charge in [0.05, 0.1) is 6.42 Å². The number of carbonyl (C=O) groups is 1. The fourth-order valence-corrected chi connectivity index (χ4v) is 2.90. The summed E-state index contributed by atoms with van der Waals surface area (Å²) >= 11 is 0. The number of hydrogen-bond acceptors (Lipinski definition) is 4. The number of carboxylic acid groups (broad SMARTS) is 1. The number of nitrogens with zero attached hydrogens (tertiary/aromatic N) is 3. The molecule has 0 radical (unpaired) electrons. The van der Waals surface area contributed by atoms with E-state index >= 15 is 0 Å². The van der Waals surface area contributed by atoms with Crippen molar-refractivity contribution >= 4 is 11.8 Å². The molecule has 3 rings (SSSR count). The standard InChI is InChI=1S/C13H17N3O2/c17-12(18)5-9-6-16(7-9)13-10-3-1-2-4-11(10)14-8-15-13/h8-9H,1-7H2,(H,17,18). The van der Waals surface area contributed by atoms with E-state index in [0.717, 1.165) is 31.7 Å². The maximum absolute atomic E-state index is 10.6. The molecule has 0 aromatic carbocycles. The van der Waals surface area contributed by atoms with Gasteiger partial charge in [-0.25, -0.2) is 9.97 Å². The van der Waals surface area contributed by atoms with E-state index in [1.54, 1.807) is 6.33 Å². The summed E-state index contributed by atoms with van der Waals surface area (Å²) in [4.78, 5) is 21.6. The third-order valence-corrected chi connectivity index (χ3v) is 3.82. The van der Waals surface area contributed by atoms with Crippen LogP contribution in [0.15, 0.2) is 6.33 Å². The zero-order valence-electron chi connectivity index (χ0n) is 10.3. The molecule has 0 atom stereocenters. The Morgan fingerprint density at radius 2 is 2.11 bits per heavy atom. The Morgan fingerprint density at radius 1 is 1.33 bits per heavy atom. The van der Waals surface area contributed by atoms with Crippen molar-refractivity contribution < 1.29 is 9.90 Å². The normalized spacial score (nSPS) is 19.2. The maximum atomic E-state index is 10.6. The summed E-state index contributed by atoms with van der Waals surface area (Å²) in [5.41, 5.74) is 2.48. The molecule has 0 saturated carbocycles. The van der Waals surface area contributed by atoms with E-state index in [1.165, 1.54) is 24.1 Å². The largest absolute Gasteiger partial charge is 0.481 e. The van der Waals surface area contributed by atoms with Gasteiger partial charge in [0.25, 0.3) is 0 Å². The van der Waals surface area contributed by atoms with Crippen LogP contribution in [-0.4, -0.2) is 34.1 Å². The lowest BCUT2D eigenvalue weighted by Crippen LogP contribution is -2.48. The quantitative estimate of drug-likeness (QED) is 0.871. The van der Waals surface area contributed by atoms with Gasteiger partial charge in [0.2, 0.25) is 0 Å². The van der Waals surface area contributed by atoms with Crippen LogP contribution in [-0.2, 0) is 17.6 Å². The van der Waals surface area contributed by atoms with Gasteiger partial charge in [0.1, 0.15) is 12.1 Å². The summed E-state index contributed by atoms with van der Waals surface area (Å²) in [5.74, 6) is 0.613. The number of hydrogen-bond donors (Lipinski definition) is 1. The first-order chi connectivity index (χ1) is 8.74. The Balaban J connectivity index is 1.73. The predicted molar refractivity (Wildman–Crippen MR) is 66.6 cm³/mol. The van der Waals surface area contributed by atoms with E-state index in [2.05, 4.69) is 14.9 Å². The zero-order valence-corrected chi connectivity index (χ0v) is 10.3. The molecule has 1 aromatic heterocycles. The Kier molecular flexibility index (Phi) is 2.89. The molecule has 0 bridgehead atoms. The monoisotopic (exact) mass is 247 g/mol. The highest BCUT2D eigenvalue weighted by Crippen LogP contribution is 2.31. The molecular weight excluding hydrogens is 230 g/mol. The molecule has 96 valence electrons. The van der Waals surface area contributed by atoms with E-state index in [0.29, 0.717) is 0 Å². The van der Waals surface area contributed by atoms with Crippen LogP contribution in [0.3, 0.4) is 0 Å². The van der Waals surface area contributed by atoms with E-state index < -0.39 is 5.97 Å². The summed E-state index contributed by atoms with van der Waals surface area (Å²) in [6.07, 6.45) is 6.45. The molecule has 0 spiro atoms.